The van der Waals surface area contributed by atoms with Crippen LogP contribution in [0.2, 0.25) is 5.02 Å². The van der Waals surface area contributed by atoms with Crippen molar-refractivity contribution in [2.75, 3.05) is 30.5 Å². The molecule has 0 spiro atoms. The number of piperidine rings is 1. The third-order valence-electron chi connectivity index (χ3n) is 6.01. The highest BCUT2D eigenvalue weighted by atomic mass is 35.5. The number of halogens is 4. The van der Waals surface area contributed by atoms with E-state index >= 15 is 0 Å². The Balaban J connectivity index is 1.74. The molecule has 0 aliphatic carbocycles. The number of amides is 2. The number of anilines is 1. The number of nitrogens with zero attached hydrogens (tertiary/aromatic N) is 2. The third-order valence-corrected chi connectivity index (χ3v) is 8.11. The van der Waals surface area contributed by atoms with Gasteiger partial charge in [-0.05, 0) is 69.9 Å². The maximum atomic E-state index is 13.4. The molecule has 1 aliphatic rings. The molecule has 3 rings (SSSR count). The Labute approximate surface area is 231 Å². The van der Waals surface area contributed by atoms with E-state index in [0.29, 0.717) is 36.3 Å². The van der Waals surface area contributed by atoms with Gasteiger partial charge in [0, 0.05) is 19.6 Å². The second-order valence-corrected chi connectivity index (χ2v) is 12.5. The zero-order chi connectivity index (χ0) is 29.0. The molecule has 2 amide bonds. The van der Waals surface area contributed by atoms with Gasteiger partial charge in [0.25, 0.3) is 10.0 Å². The van der Waals surface area contributed by atoms with Gasteiger partial charge >= 0.3 is 12.3 Å². The summed E-state index contributed by atoms with van der Waals surface area (Å²) in [4.78, 5) is 26.5. The summed E-state index contributed by atoms with van der Waals surface area (Å²) < 4.78 is 73.1. The lowest BCUT2D eigenvalue weighted by atomic mass is 9.97. The third kappa shape index (κ3) is 8.25. The molecule has 0 bridgehead atoms. The summed E-state index contributed by atoms with van der Waals surface area (Å²) in [6.07, 6.45) is -3.99. The normalized spacial score (nSPS) is 15.1. The van der Waals surface area contributed by atoms with Gasteiger partial charge in [-0.3, -0.25) is 9.10 Å². The van der Waals surface area contributed by atoms with Gasteiger partial charge in [0.05, 0.1) is 21.2 Å². The molecular weight excluding hydrogens is 559 g/mol. The quantitative estimate of drug-likeness (QED) is 0.472. The van der Waals surface area contributed by atoms with Crippen LogP contribution in [-0.4, -0.2) is 57.1 Å². The zero-order valence-electron chi connectivity index (χ0n) is 21.8. The van der Waals surface area contributed by atoms with Crippen molar-refractivity contribution in [3.8, 4) is 0 Å². The van der Waals surface area contributed by atoms with Crippen LogP contribution in [0.25, 0.3) is 0 Å². The first-order chi connectivity index (χ1) is 18.1. The summed E-state index contributed by atoms with van der Waals surface area (Å²) in [6.45, 7) is 5.63. The average molecular weight is 590 g/mol. The van der Waals surface area contributed by atoms with Crippen molar-refractivity contribution < 1.29 is 35.9 Å². The van der Waals surface area contributed by atoms with Crippen LogP contribution >= 0.6 is 11.6 Å². The lowest BCUT2D eigenvalue weighted by Crippen LogP contribution is -2.45. The summed E-state index contributed by atoms with van der Waals surface area (Å²) >= 11 is 6.15. The highest BCUT2D eigenvalue weighted by Gasteiger charge is 2.35. The molecule has 0 unspecified atom stereocenters. The van der Waals surface area contributed by atoms with E-state index in [1.165, 1.54) is 24.3 Å². The predicted molar refractivity (Wildman–Crippen MR) is 141 cm³/mol. The average Bonchev–Trinajstić information content (AvgIpc) is 2.85. The standard InChI is InChI=1S/C26H31ClF3N3O5S/c1-25(2,3)38-24(35)32-13-11-18(12-14-32)16-31-23(34)17-33(39(36,37)20-7-5-4-6-8-20)22-15-19(26(28,29)30)9-10-21(22)27/h4-10,15,18H,11-14,16-17H2,1-3H3,(H,31,34). The minimum absolute atomic E-state index is 0.0176. The Kier molecular flexibility index (Phi) is 9.43. The fraction of sp³-hybridized carbons (Fsp3) is 0.462. The molecule has 0 aromatic heterocycles. The summed E-state index contributed by atoms with van der Waals surface area (Å²) in [7, 11) is -4.45. The molecule has 1 N–H and O–H groups in total. The van der Waals surface area contributed by atoms with Crippen LogP contribution in [-0.2, 0) is 25.7 Å². The Morgan fingerprint density at radius 3 is 2.26 bits per heavy atom. The number of hydrogen-bond donors (Lipinski definition) is 1. The lowest BCUT2D eigenvalue weighted by molar-refractivity contribution is -0.137. The summed E-state index contributed by atoms with van der Waals surface area (Å²) in [6, 6.07) is 9.36. The topological polar surface area (TPSA) is 96.0 Å². The molecule has 39 heavy (non-hydrogen) atoms. The number of sulfonamides is 1. The first-order valence-electron chi connectivity index (χ1n) is 12.3. The molecule has 8 nitrogen and oxygen atoms in total. The smallest absolute Gasteiger partial charge is 0.416 e. The maximum absolute atomic E-state index is 13.4. The molecule has 214 valence electrons. The van der Waals surface area contributed by atoms with Crippen LogP contribution in [0.4, 0.5) is 23.7 Å². The van der Waals surface area contributed by atoms with Crippen molar-refractivity contribution in [1.82, 2.24) is 10.2 Å². The number of carbonyl (C=O) groups excluding carboxylic acids is 2. The van der Waals surface area contributed by atoms with Gasteiger partial charge < -0.3 is 15.0 Å². The van der Waals surface area contributed by atoms with Gasteiger partial charge in [-0.1, -0.05) is 29.8 Å². The second-order valence-electron chi connectivity index (χ2n) is 10.2. The number of carbonyl (C=O) groups is 2. The second kappa shape index (κ2) is 12.0. The number of nitrogens with one attached hydrogen (secondary N) is 1. The van der Waals surface area contributed by atoms with Crippen molar-refractivity contribution >= 4 is 39.3 Å². The van der Waals surface area contributed by atoms with Crippen LogP contribution in [0.1, 0.15) is 39.2 Å². The van der Waals surface area contributed by atoms with Gasteiger partial charge in [-0.2, -0.15) is 13.2 Å². The SMILES string of the molecule is CC(C)(C)OC(=O)N1CCC(CNC(=O)CN(c2cc(C(F)(F)F)ccc2Cl)S(=O)(=O)c2ccccc2)CC1. The monoisotopic (exact) mass is 589 g/mol. The van der Waals surface area contributed by atoms with Crippen molar-refractivity contribution in [3.05, 3.63) is 59.1 Å². The number of benzene rings is 2. The highest BCUT2D eigenvalue weighted by molar-refractivity contribution is 7.92. The molecule has 1 aliphatic heterocycles. The summed E-state index contributed by atoms with van der Waals surface area (Å²) in [5, 5.41) is 2.42. The van der Waals surface area contributed by atoms with E-state index in [4.69, 9.17) is 16.3 Å². The minimum atomic E-state index is -4.75. The van der Waals surface area contributed by atoms with Crippen molar-refractivity contribution in [2.24, 2.45) is 5.92 Å². The van der Waals surface area contributed by atoms with Crippen LogP contribution in [0.3, 0.4) is 0 Å². The Morgan fingerprint density at radius 1 is 1.08 bits per heavy atom. The Bertz CT molecular complexity index is 1280. The Morgan fingerprint density at radius 2 is 1.69 bits per heavy atom. The summed E-state index contributed by atoms with van der Waals surface area (Å²) in [5.41, 5.74) is -2.18. The van der Waals surface area contributed by atoms with Crippen LogP contribution < -0.4 is 9.62 Å². The van der Waals surface area contributed by atoms with Crippen molar-refractivity contribution in [3.63, 3.8) is 0 Å². The molecule has 1 saturated heterocycles. The van der Waals surface area contributed by atoms with E-state index in [1.54, 1.807) is 31.7 Å². The molecule has 13 heteroatoms. The van der Waals surface area contributed by atoms with Crippen molar-refractivity contribution in [1.29, 1.82) is 0 Å². The first-order valence-corrected chi connectivity index (χ1v) is 14.1. The van der Waals surface area contributed by atoms with E-state index in [9.17, 15) is 31.2 Å². The molecule has 0 saturated carbocycles. The highest BCUT2D eigenvalue weighted by Crippen LogP contribution is 2.37. The number of rotatable bonds is 7. The van der Waals surface area contributed by atoms with E-state index in [1.807, 2.05) is 0 Å². The van der Waals surface area contributed by atoms with Gasteiger partial charge in [-0.25, -0.2) is 13.2 Å². The van der Waals surface area contributed by atoms with Crippen LogP contribution in [0, 0.1) is 5.92 Å². The zero-order valence-corrected chi connectivity index (χ0v) is 23.4. The molecule has 0 radical (unpaired) electrons. The molecule has 1 heterocycles. The van der Waals surface area contributed by atoms with Crippen LogP contribution in [0.5, 0.6) is 0 Å². The lowest BCUT2D eigenvalue weighted by Gasteiger charge is -2.33. The van der Waals surface area contributed by atoms with Crippen molar-refractivity contribution in [2.45, 2.75) is 50.3 Å². The number of ether oxygens (including phenoxy) is 1. The Hall–Kier alpha value is -2.99. The van der Waals surface area contributed by atoms with Gasteiger partial charge in [0.15, 0.2) is 0 Å². The fourth-order valence-corrected chi connectivity index (χ4v) is 5.71. The van der Waals surface area contributed by atoms with E-state index in [-0.39, 0.29) is 22.4 Å². The molecular formula is C26H31ClF3N3O5S. The largest absolute Gasteiger partial charge is 0.444 e. The molecule has 1 fully saturated rings. The van der Waals surface area contributed by atoms with Gasteiger partial charge in [-0.15, -0.1) is 0 Å². The van der Waals surface area contributed by atoms with Gasteiger partial charge in [0.1, 0.15) is 12.1 Å². The minimum Gasteiger partial charge on any atom is -0.444 e. The van der Waals surface area contributed by atoms with E-state index < -0.39 is 51.6 Å². The van der Waals surface area contributed by atoms with E-state index in [2.05, 4.69) is 5.32 Å². The summed E-state index contributed by atoms with van der Waals surface area (Å²) in [5.74, 6) is -0.693. The predicted octanol–water partition coefficient (Wildman–Crippen LogP) is 5.32. The fourth-order valence-electron chi connectivity index (χ4n) is 3.99. The maximum Gasteiger partial charge on any atom is 0.416 e. The number of likely N-dealkylation sites (tertiary alicyclic amines) is 1. The number of alkyl halides is 3. The first kappa shape index (κ1) is 30.6. The molecule has 0 atom stereocenters. The molecule has 2 aromatic carbocycles. The van der Waals surface area contributed by atoms with E-state index in [0.717, 1.165) is 12.1 Å². The van der Waals surface area contributed by atoms with Crippen LogP contribution in [0.15, 0.2) is 53.4 Å². The molecule has 2 aromatic rings. The number of hydrogen-bond acceptors (Lipinski definition) is 5. The van der Waals surface area contributed by atoms with Gasteiger partial charge in [0.2, 0.25) is 5.91 Å².